The summed E-state index contributed by atoms with van der Waals surface area (Å²) in [6.07, 6.45) is 7.91. The summed E-state index contributed by atoms with van der Waals surface area (Å²) in [7, 11) is 0. The Morgan fingerprint density at radius 3 is 1.92 bits per heavy atom. The average molecular weight is 849 g/mol. The quantitative estimate of drug-likeness (QED) is 0.147. The molecule has 0 N–H and O–H groups in total. The van der Waals surface area contributed by atoms with E-state index in [0.717, 1.165) is 36.3 Å². The van der Waals surface area contributed by atoms with Gasteiger partial charge in [0, 0.05) is 54.0 Å². The van der Waals surface area contributed by atoms with Gasteiger partial charge in [-0.1, -0.05) is 158 Å². The minimum Gasteiger partial charge on any atom is -0.334 e. The molecule has 0 amide bonds. The second-order valence-corrected chi connectivity index (χ2v) is 18.5. The van der Waals surface area contributed by atoms with E-state index in [0.29, 0.717) is 0 Å². The van der Waals surface area contributed by atoms with Crippen LogP contribution in [-0.4, -0.2) is 6.04 Å². The van der Waals surface area contributed by atoms with Crippen molar-refractivity contribution in [1.82, 2.24) is 0 Å². The number of benzene rings is 10. The first-order chi connectivity index (χ1) is 32.2. The van der Waals surface area contributed by atoms with E-state index in [1.54, 1.807) is 5.57 Å². The van der Waals surface area contributed by atoms with Crippen LogP contribution in [0.2, 0.25) is 0 Å². The lowest BCUT2D eigenvalue weighted by molar-refractivity contribution is 0.695. The van der Waals surface area contributed by atoms with E-state index in [1.807, 2.05) is 11.3 Å². The average Bonchev–Trinajstić information content (AvgIpc) is 3.77. The van der Waals surface area contributed by atoms with Gasteiger partial charge in [-0.2, -0.15) is 0 Å². The molecule has 2 aliphatic rings. The number of rotatable bonds is 7. The largest absolute Gasteiger partial charge is 0.334 e. The molecule has 0 saturated heterocycles. The number of thiophene rings is 1. The lowest BCUT2D eigenvalue weighted by Crippen LogP contribution is -2.35. The molecule has 65 heavy (non-hydrogen) atoms. The Kier molecular flexibility index (Phi) is 9.02. The predicted octanol–water partition coefficient (Wildman–Crippen LogP) is 17.5. The van der Waals surface area contributed by atoms with Crippen molar-refractivity contribution in [1.29, 1.82) is 0 Å². The monoisotopic (exact) mass is 848 g/mol. The highest BCUT2D eigenvalue weighted by atomic mass is 32.1. The Bertz CT molecular complexity index is 3690. The summed E-state index contributed by atoms with van der Waals surface area (Å²) in [6.45, 7) is 0. The molecule has 2 nitrogen and oxygen atoms in total. The van der Waals surface area contributed by atoms with Crippen LogP contribution in [0.3, 0.4) is 0 Å². The summed E-state index contributed by atoms with van der Waals surface area (Å²) < 4.78 is 2.62. The molecule has 10 aromatic carbocycles. The van der Waals surface area contributed by atoms with Crippen LogP contribution in [0.15, 0.2) is 230 Å². The van der Waals surface area contributed by atoms with Gasteiger partial charge in [0.05, 0.1) is 6.04 Å². The maximum Gasteiger partial charge on any atom is 0.0595 e. The summed E-state index contributed by atoms with van der Waals surface area (Å²) in [5.41, 5.74) is 14.1. The van der Waals surface area contributed by atoms with Crippen LogP contribution >= 0.6 is 11.3 Å². The molecule has 0 aliphatic heterocycles. The molecule has 0 saturated carbocycles. The first-order valence-corrected chi connectivity index (χ1v) is 23.6. The molecule has 308 valence electrons. The van der Waals surface area contributed by atoms with Crippen molar-refractivity contribution in [2.24, 2.45) is 0 Å². The molecule has 3 heteroatoms. The first kappa shape index (κ1) is 37.8. The smallest absolute Gasteiger partial charge is 0.0595 e. The number of anilines is 5. The lowest BCUT2D eigenvalue weighted by atomic mass is 9.78. The van der Waals surface area contributed by atoms with E-state index in [9.17, 15) is 0 Å². The number of aryl methyl sites for hydroxylation is 1. The fourth-order valence-electron chi connectivity index (χ4n) is 10.9. The molecule has 11 aromatic rings. The topological polar surface area (TPSA) is 6.48 Å². The van der Waals surface area contributed by atoms with E-state index in [1.165, 1.54) is 91.7 Å². The fourth-order valence-corrected chi connectivity index (χ4v) is 12.1. The predicted molar refractivity (Wildman–Crippen MR) is 280 cm³/mol. The van der Waals surface area contributed by atoms with Gasteiger partial charge in [-0.25, -0.2) is 0 Å². The van der Waals surface area contributed by atoms with Gasteiger partial charge in [0.1, 0.15) is 0 Å². The number of para-hydroxylation sites is 2. The van der Waals surface area contributed by atoms with E-state index in [-0.39, 0.29) is 6.04 Å². The summed E-state index contributed by atoms with van der Waals surface area (Å²) in [4.78, 5) is 4.97. The van der Waals surface area contributed by atoms with Crippen LogP contribution in [0.4, 0.5) is 28.4 Å². The van der Waals surface area contributed by atoms with Crippen molar-refractivity contribution in [3.8, 4) is 11.1 Å². The Morgan fingerprint density at radius 2 is 1.08 bits per heavy atom. The Morgan fingerprint density at radius 1 is 0.431 bits per heavy atom. The molecule has 1 aromatic heterocycles. The van der Waals surface area contributed by atoms with Crippen molar-refractivity contribution in [2.45, 2.75) is 25.3 Å². The lowest BCUT2D eigenvalue weighted by Gasteiger charge is -2.39. The van der Waals surface area contributed by atoms with Gasteiger partial charge in [0.2, 0.25) is 0 Å². The van der Waals surface area contributed by atoms with Crippen LogP contribution in [0, 0.1) is 0 Å². The molecule has 0 spiro atoms. The third-order valence-electron chi connectivity index (χ3n) is 13.9. The SMILES string of the molecule is C1=CC2=C(CCc3ccccc32)[C@H](N(c2ccccc2)c2ccc(-c3ccc4c(c3)c3ccccc3c3c5ccc(N(c6ccccc6)c6ccc7ccccc7c6)cc5sc43)cc2)C1. The molecule has 0 fully saturated rings. The highest BCUT2D eigenvalue weighted by molar-refractivity contribution is 7.27. The van der Waals surface area contributed by atoms with Crippen molar-refractivity contribution < 1.29 is 0 Å². The molecule has 2 aliphatic carbocycles. The van der Waals surface area contributed by atoms with E-state index in [2.05, 4.69) is 234 Å². The Balaban J connectivity index is 0.902. The zero-order chi connectivity index (χ0) is 42.8. The third-order valence-corrected chi connectivity index (χ3v) is 15.1. The minimum absolute atomic E-state index is 0.253. The number of fused-ring (bicyclic) bond motifs is 11. The van der Waals surface area contributed by atoms with Crippen molar-refractivity contribution >= 4 is 97.8 Å². The summed E-state index contributed by atoms with van der Waals surface area (Å²) in [6, 6.07) is 78.8. The summed E-state index contributed by atoms with van der Waals surface area (Å²) >= 11 is 1.91. The van der Waals surface area contributed by atoms with Gasteiger partial charge in [-0.3, -0.25) is 0 Å². The van der Waals surface area contributed by atoms with Crippen molar-refractivity contribution in [3.63, 3.8) is 0 Å². The molecule has 0 unspecified atom stereocenters. The van der Waals surface area contributed by atoms with Crippen LogP contribution in [0.5, 0.6) is 0 Å². The van der Waals surface area contributed by atoms with E-state index >= 15 is 0 Å². The third kappa shape index (κ3) is 6.37. The second-order valence-electron chi connectivity index (χ2n) is 17.5. The molecule has 1 atom stereocenters. The highest BCUT2D eigenvalue weighted by Gasteiger charge is 2.31. The summed E-state index contributed by atoms with van der Waals surface area (Å²) in [5.74, 6) is 0. The number of nitrogens with zero attached hydrogens (tertiary/aromatic N) is 2. The van der Waals surface area contributed by atoms with Crippen LogP contribution in [-0.2, 0) is 6.42 Å². The van der Waals surface area contributed by atoms with E-state index in [4.69, 9.17) is 0 Å². The zero-order valence-electron chi connectivity index (χ0n) is 35.9. The van der Waals surface area contributed by atoms with Crippen LogP contribution < -0.4 is 9.80 Å². The zero-order valence-corrected chi connectivity index (χ0v) is 36.7. The molecular formula is C62H44N2S. The molecule has 1 heterocycles. The number of allylic oxidation sites excluding steroid dienone is 2. The van der Waals surface area contributed by atoms with Crippen molar-refractivity contribution in [3.05, 3.63) is 241 Å². The Labute approximate surface area is 383 Å². The molecule has 13 rings (SSSR count). The highest BCUT2D eigenvalue weighted by Crippen LogP contribution is 2.48. The van der Waals surface area contributed by atoms with Gasteiger partial charge in [0.25, 0.3) is 0 Å². The number of hydrogen-bond acceptors (Lipinski definition) is 3. The van der Waals surface area contributed by atoms with Crippen molar-refractivity contribution in [2.75, 3.05) is 9.80 Å². The maximum absolute atomic E-state index is 2.58. The maximum atomic E-state index is 2.58. The van der Waals surface area contributed by atoms with Crippen LogP contribution in [0.1, 0.15) is 24.0 Å². The molecule has 0 bridgehead atoms. The molecule has 0 radical (unpaired) electrons. The first-order valence-electron chi connectivity index (χ1n) is 22.8. The minimum atomic E-state index is 0.253. The van der Waals surface area contributed by atoms with Crippen LogP contribution in [0.25, 0.3) is 69.2 Å². The summed E-state index contributed by atoms with van der Waals surface area (Å²) in [5, 5.41) is 10.3. The Hall–Kier alpha value is -7.72. The standard InChI is InChI=1S/C62H44N2S/c1-3-17-46(18-4-1)63(49-33-28-41-14-7-8-16-44(41)38-49)50-34-37-57-60(40-50)65-62-56-36-30-45(39-58(56)53-22-11-12-23-55(53)61(57)62)42-26-31-48(32-27-42)64(47-19-5-2-6-20-47)59-25-13-24-52-51-21-10-9-15-43(51)29-35-54(52)59/h1-24,26-28,30-34,36-40,59H,25,29,35H2/t59-/m1/s1. The normalized spacial score (nSPS) is 14.6. The van der Waals surface area contributed by atoms with Gasteiger partial charge >= 0.3 is 0 Å². The van der Waals surface area contributed by atoms with E-state index < -0.39 is 0 Å². The van der Waals surface area contributed by atoms with Gasteiger partial charge < -0.3 is 9.80 Å². The fraction of sp³-hybridized carbons (Fsp3) is 0.0645. The van der Waals surface area contributed by atoms with Gasteiger partial charge in [-0.05, 0) is 146 Å². The van der Waals surface area contributed by atoms with Gasteiger partial charge in [0.15, 0.2) is 0 Å². The van der Waals surface area contributed by atoms with Gasteiger partial charge in [-0.15, -0.1) is 11.3 Å². The molecular weight excluding hydrogens is 805 g/mol. The second kappa shape index (κ2) is 15.5. The number of hydrogen-bond donors (Lipinski definition) is 0.